The molecule has 0 saturated carbocycles. The van der Waals surface area contributed by atoms with Crippen LogP contribution < -0.4 is 0 Å². The van der Waals surface area contributed by atoms with E-state index in [4.69, 9.17) is 6.42 Å². The highest BCUT2D eigenvalue weighted by Gasteiger charge is 2.04. The van der Waals surface area contributed by atoms with Crippen molar-refractivity contribution in [2.75, 3.05) is 0 Å². The van der Waals surface area contributed by atoms with Crippen LogP contribution in [0, 0.1) is 25.1 Å². The van der Waals surface area contributed by atoms with Crippen molar-refractivity contribution in [3.8, 4) is 12.3 Å². The van der Waals surface area contributed by atoms with E-state index in [0.717, 1.165) is 5.56 Å². The molecule has 1 rings (SSSR count). The van der Waals surface area contributed by atoms with Gasteiger partial charge in [0.25, 0.3) is 0 Å². The highest BCUT2D eigenvalue weighted by atomic mass is 19.1. The van der Waals surface area contributed by atoms with Crippen LogP contribution in [0.2, 0.25) is 0 Å². The maximum atomic E-state index is 12.7. The third-order valence-corrected chi connectivity index (χ3v) is 1.54. The molecule has 0 aliphatic heterocycles. The van der Waals surface area contributed by atoms with E-state index in [9.17, 15) is 9.50 Å². The first-order valence-corrected chi connectivity index (χ1v) is 3.55. The van der Waals surface area contributed by atoms with Gasteiger partial charge in [0.05, 0.1) is 0 Å². The van der Waals surface area contributed by atoms with Gasteiger partial charge in [-0.2, -0.15) is 0 Å². The van der Waals surface area contributed by atoms with Crippen LogP contribution >= 0.6 is 0 Å². The lowest BCUT2D eigenvalue weighted by atomic mass is 10.1. The molecule has 0 unspecified atom stereocenters. The van der Waals surface area contributed by atoms with E-state index in [1.165, 1.54) is 12.1 Å². The predicted molar refractivity (Wildman–Crippen MR) is 44.9 cm³/mol. The zero-order chi connectivity index (χ0) is 9.14. The lowest BCUT2D eigenvalue weighted by molar-refractivity contribution is 0.238. The first-order chi connectivity index (χ1) is 5.63. The number of hydrogen-bond acceptors (Lipinski definition) is 1. The van der Waals surface area contributed by atoms with Crippen molar-refractivity contribution < 1.29 is 9.50 Å². The van der Waals surface area contributed by atoms with Gasteiger partial charge in [0.2, 0.25) is 0 Å². The van der Waals surface area contributed by atoms with E-state index in [0.29, 0.717) is 5.56 Å². The van der Waals surface area contributed by atoms with Gasteiger partial charge in [-0.15, -0.1) is 6.42 Å². The molecule has 0 saturated heterocycles. The van der Waals surface area contributed by atoms with Crippen LogP contribution in [0.5, 0.6) is 0 Å². The van der Waals surface area contributed by atoms with Crippen molar-refractivity contribution >= 4 is 0 Å². The second-order valence-electron chi connectivity index (χ2n) is 2.63. The van der Waals surface area contributed by atoms with Gasteiger partial charge in [0.15, 0.2) is 0 Å². The minimum Gasteiger partial charge on any atom is -0.376 e. The molecule has 0 radical (unpaired) electrons. The Balaban J connectivity index is 3.10. The highest BCUT2D eigenvalue weighted by Crippen LogP contribution is 2.15. The number of rotatable bonds is 1. The molecule has 0 aromatic heterocycles. The van der Waals surface area contributed by atoms with E-state index < -0.39 is 6.10 Å². The molecule has 1 nitrogen and oxygen atoms in total. The molecule has 2 heteroatoms. The molecule has 0 spiro atoms. The summed E-state index contributed by atoms with van der Waals surface area (Å²) in [6.45, 7) is 1.75. The lowest BCUT2D eigenvalue weighted by Gasteiger charge is -2.04. The molecule has 1 aromatic rings. The van der Waals surface area contributed by atoms with Crippen LogP contribution in [-0.2, 0) is 0 Å². The molecule has 12 heavy (non-hydrogen) atoms. The molecule has 0 aliphatic carbocycles. The van der Waals surface area contributed by atoms with Crippen molar-refractivity contribution in [3.05, 3.63) is 35.1 Å². The monoisotopic (exact) mass is 164 g/mol. The van der Waals surface area contributed by atoms with Crippen LogP contribution in [0.15, 0.2) is 18.2 Å². The Hall–Kier alpha value is -1.33. The Labute approximate surface area is 70.9 Å². The second kappa shape index (κ2) is 3.38. The third-order valence-electron chi connectivity index (χ3n) is 1.54. The Morgan fingerprint density at radius 3 is 2.67 bits per heavy atom. The lowest BCUT2D eigenvalue weighted by Crippen LogP contribution is -1.94. The summed E-state index contributed by atoms with van der Waals surface area (Å²) >= 11 is 0. The summed E-state index contributed by atoms with van der Waals surface area (Å²) < 4.78 is 12.7. The smallest absolute Gasteiger partial charge is 0.140 e. The summed E-state index contributed by atoms with van der Waals surface area (Å²) in [6.07, 6.45) is 3.97. The Bertz CT molecular complexity index is 305. The van der Waals surface area contributed by atoms with Gasteiger partial charge in [-0.05, 0) is 30.2 Å². The number of aliphatic hydroxyl groups is 1. The zero-order valence-corrected chi connectivity index (χ0v) is 6.71. The number of aryl methyl sites for hydroxylation is 1. The van der Waals surface area contributed by atoms with Gasteiger partial charge in [-0.3, -0.25) is 0 Å². The number of terminal acetylenes is 1. The SMILES string of the molecule is C#C[C@@H](O)c1cc(C)cc(F)c1. The summed E-state index contributed by atoms with van der Waals surface area (Å²) in [7, 11) is 0. The second-order valence-corrected chi connectivity index (χ2v) is 2.63. The summed E-state index contributed by atoms with van der Waals surface area (Å²) in [5.41, 5.74) is 1.18. The van der Waals surface area contributed by atoms with Crippen LogP contribution in [0.4, 0.5) is 4.39 Å². The normalized spacial score (nSPS) is 12.2. The van der Waals surface area contributed by atoms with Gasteiger partial charge in [-0.1, -0.05) is 12.0 Å². The average Bonchev–Trinajstić information content (AvgIpc) is 2.01. The molecular weight excluding hydrogens is 155 g/mol. The van der Waals surface area contributed by atoms with Gasteiger partial charge in [0, 0.05) is 0 Å². The molecule has 62 valence electrons. The Morgan fingerprint density at radius 2 is 2.17 bits per heavy atom. The predicted octanol–water partition coefficient (Wildman–Crippen LogP) is 1.80. The third kappa shape index (κ3) is 1.84. The maximum Gasteiger partial charge on any atom is 0.140 e. The quantitative estimate of drug-likeness (QED) is 0.627. The van der Waals surface area contributed by atoms with Gasteiger partial charge in [-0.25, -0.2) is 4.39 Å². The molecule has 1 aromatic carbocycles. The fourth-order valence-corrected chi connectivity index (χ4v) is 1.02. The van der Waals surface area contributed by atoms with Crippen molar-refractivity contribution in [1.29, 1.82) is 0 Å². The van der Waals surface area contributed by atoms with Gasteiger partial charge < -0.3 is 5.11 Å². The van der Waals surface area contributed by atoms with E-state index in [1.54, 1.807) is 13.0 Å². The van der Waals surface area contributed by atoms with Gasteiger partial charge in [0.1, 0.15) is 11.9 Å². The fourth-order valence-electron chi connectivity index (χ4n) is 1.02. The van der Waals surface area contributed by atoms with Crippen molar-refractivity contribution in [2.24, 2.45) is 0 Å². The first kappa shape index (κ1) is 8.76. The van der Waals surface area contributed by atoms with Crippen molar-refractivity contribution in [1.82, 2.24) is 0 Å². The van der Waals surface area contributed by atoms with Crippen LogP contribution in [0.25, 0.3) is 0 Å². The maximum absolute atomic E-state index is 12.7. The molecule has 0 aliphatic rings. The zero-order valence-electron chi connectivity index (χ0n) is 6.71. The van der Waals surface area contributed by atoms with E-state index in [2.05, 4.69) is 5.92 Å². The summed E-state index contributed by atoms with van der Waals surface area (Å²) in [4.78, 5) is 0. The van der Waals surface area contributed by atoms with Crippen LogP contribution in [0.1, 0.15) is 17.2 Å². The standard InChI is InChI=1S/C10H9FO/c1-3-10(12)8-4-7(2)5-9(11)6-8/h1,4-6,10,12H,2H3/t10-/m1/s1. The van der Waals surface area contributed by atoms with E-state index in [1.807, 2.05) is 0 Å². The Morgan fingerprint density at radius 1 is 1.50 bits per heavy atom. The average molecular weight is 164 g/mol. The van der Waals surface area contributed by atoms with Crippen molar-refractivity contribution in [2.45, 2.75) is 13.0 Å². The van der Waals surface area contributed by atoms with Crippen molar-refractivity contribution in [3.63, 3.8) is 0 Å². The van der Waals surface area contributed by atoms with Gasteiger partial charge >= 0.3 is 0 Å². The Kier molecular flexibility index (Phi) is 2.47. The minimum absolute atomic E-state index is 0.376. The fraction of sp³-hybridized carbons (Fsp3) is 0.200. The molecule has 1 atom stereocenters. The number of hydrogen-bond donors (Lipinski definition) is 1. The summed E-state index contributed by atoms with van der Waals surface area (Å²) in [5, 5.41) is 9.18. The molecule has 0 fully saturated rings. The molecule has 1 N–H and O–H groups in total. The number of halogens is 1. The van der Waals surface area contributed by atoms with Crippen LogP contribution in [-0.4, -0.2) is 5.11 Å². The minimum atomic E-state index is -1.01. The van der Waals surface area contributed by atoms with Crippen LogP contribution in [0.3, 0.4) is 0 Å². The molecule has 0 heterocycles. The largest absolute Gasteiger partial charge is 0.376 e. The first-order valence-electron chi connectivity index (χ1n) is 3.55. The summed E-state index contributed by atoms with van der Waals surface area (Å²) in [6, 6.07) is 4.28. The topological polar surface area (TPSA) is 20.2 Å². The van der Waals surface area contributed by atoms with E-state index in [-0.39, 0.29) is 5.82 Å². The molecule has 0 amide bonds. The van der Waals surface area contributed by atoms with E-state index >= 15 is 0 Å². The summed E-state index contributed by atoms with van der Waals surface area (Å²) in [5.74, 6) is 1.75. The molecule has 0 bridgehead atoms. The molecular formula is C10H9FO. The number of benzene rings is 1. The highest BCUT2D eigenvalue weighted by molar-refractivity contribution is 5.28. The number of aliphatic hydroxyl groups excluding tert-OH is 1.